The van der Waals surface area contributed by atoms with Crippen LogP contribution in [0.1, 0.15) is 5.56 Å². The molecule has 3 heteroatoms. The number of rotatable bonds is 3. The molecule has 1 heterocycles. The molecule has 0 aliphatic carbocycles. The monoisotopic (exact) mass is 265 g/mol. The van der Waals surface area contributed by atoms with Gasteiger partial charge in [-0.25, -0.2) is 4.98 Å². The van der Waals surface area contributed by atoms with E-state index in [0.29, 0.717) is 5.89 Å². The number of ether oxygens (including phenoxy) is 1. The number of oxazole rings is 1. The summed E-state index contributed by atoms with van der Waals surface area (Å²) in [7, 11) is 1.65. The summed E-state index contributed by atoms with van der Waals surface area (Å²) >= 11 is 0. The van der Waals surface area contributed by atoms with Crippen molar-refractivity contribution in [2.24, 2.45) is 0 Å². The van der Waals surface area contributed by atoms with Crippen LogP contribution in [-0.4, -0.2) is 12.1 Å². The van der Waals surface area contributed by atoms with Crippen molar-refractivity contribution in [3.8, 4) is 28.5 Å². The number of hydrogen-bond donors (Lipinski definition) is 0. The molecule has 20 heavy (non-hydrogen) atoms. The first-order valence-corrected chi connectivity index (χ1v) is 6.43. The number of nitrogens with zero attached hydrogens (tertiary/aromatic N) is 1. The smallest absolute Gasteiger partial charge is 0.226 e. The zero-order valence-corrected chi connectivity index (χ0v) is 11.5. The molecule has 3 rings (SSSR count). The van der Waals surface area contributed by atoms with E-state index in [4.69, 9.17) is 9.15 Å². The van der Waals surface area contributed by atoms with Gasteiger partial charge < -0.3 is 9.15 Å². The zero-order valence-electron chi connectivity index (χ0n) is 11.5. The second-order valence-corrected chi connectivity index (χ2v) is 4.64. The summed E-state index contributed by atoms with van der Waals surface area (Å²) in [5, 5.41) is 0. The van der Waals surface area contributed by atoms with Gasteiger partial charge in [0.05, 0.1) is 7.11 Å². The molecule has 1 aromatic heterocycles. The highest BCUT2D eigenvalue weighted by Gasteiger charge is 2.09. The van der Waals surface area contributed by atoms with Crippen LogP contribution in [0, 0.1) is 6.92 Å². The second kappa shape index (κ2) is 5.21. The highest BCUT2D eigenvalue weighted by Crippen LogP contribution is 2.26. The Morgan fingerprint density at radius 1 is 1.00 bits per heavy atom. The Labute approximate surface area is 117 Å². The molecular weight excluding hydrogens is 250 g/mol. The van der Waals surface area contributed by atoms with Crippen LogP contribution in [0.3, 0.4) is 0 Å². The average Bonchev–Trinajstić information content (AvgIpc) is 2.98. The number of benzene rings is 2. The maximum atomic E-state index is 5.57. The minimum absolute atomic E-state index is 0.597. The van der Waals surface area contributed by atoms with Crippen molar-refractivity contribution >= 4 is 0 Å². The topological polar surface area (TPSA) is 35.3 Å². The van der Waals surface area contributed by atoms with Gasteiger partial charge >= 0.3 is 0 Å². The van der Waals surface area contributed by atoms with Gasteiger partial charge in [0.25, 0.3) is 0 Å². The van der Waals surface area contributed by atoms with Crippen molar-refractivity contribution in [2.75, 3.05) is 7.11 Å². The maximum Gasteiger partial charge on any atom is 0.226 e. The standard InChI is InChI=1S/C17H15NO2/c1-12-6-8-13(9-7-12)16-11-20-17(18-16)14-4-3-5-15(10-14)19-2/h3-11H,1-2H3. The van der Waals surface area contributed by atoms with E-state index >= 15 is 0 Å². The summed E-state index contributed by atoms with van der Waals surface area (Å²) in [4.78, 5) is 4.53. The van der Waals surface area contributed by atoms with Crippen LogP contribution in [0.4, 0.5) is 0 Å². The Balaban J connectivity index is 1.95. The predicted molar refractivity (Wildman–Crippen MR) is 78.7 cm³/mol. The Morgan fingerprint density at radius 3 is 2.55 bits per heavy atom. The SMILES string of the molecule is COc1cccc(-c2nc(-c3ccc(C)cc3)co2)c1. The van der Waals surface area contributed by atoms with Crippen LogP contribution in [0.5, 0.6) is 5.75 Å². The molecule has 0 aliphatic heterocycles. The third-order valence-electron chi connectivity index (χ3n) is 3.17. The third-order valence-corrected chi connectivity index (χ3v) is 3.17. The molecule has 0 fully saturated rings. The van der Waals surface area contributed by atoms with Gasteiger partial charge in [0, 0.05) is 11.1 Å². The molecule has 0 spiro atoms. The Hall–Kier alpha value is -2.55. The third kappa shape index (κ3) is 2.43. The highest BCUT2D eigenvalue weighted by molar-refractivity contribution is 5.63. The number of aryl methyl sites for hydroxylation is 1. The predicted octanol–water partition coefficient (Wildman–Crippen LogP) is 4.33. The Bertz CT molecular complexity index is 714. The van der Waals surface area contributed by atoms with E-state index in [1.165, 1.54) is 5.56 Å². The number of hydrogen-bond acceptors (Lipinski definition) is 3. The molecule has 0 amide bonds. The van der Waals surface area contributed by atoms with Crippen LogP contribution in [0.25, 0.3) is 22.7 Å². The van der Waals surface area contributed by atoms with Gasteiger partial charge in [0.15, 0.2) is 0 Å². The van der Waals surface area contributed by atoms with Crippen LogP contribution in [0.15, 0.2) is 59.2 Å². The molecule has 0 saturated heterocycles. The summed E-state index contributed by atoms with van der Waals surface area (Å²) in [6.45, 7) is 2.06. The van der Waals surface area contributed by atoms with Gasteiger partial charge in [-0.05, 0) is 25.1 Å². The largest absolute Gasteiger partial charge is 0.497 e. The second-order valence-electron chi connectivity index (χ2n) is 4.64. The first kappa shape index (κ1) is 12.5. The van der Waals surface area contributed by atoms with E-state index in [2.05, 4.69) is 24.0 Å². The van der Waals surface area contributed by atoms with Gasteiger partial charge in [0.1, 0.15) is 17.7 Å². The van der Waals surface area contributed by atoms with Crippen molar-refractivity contribution in [3.05, 3.63) is 60.4 Å². The van der Waals surface area contributed by atoms with Crippen molar-refractivity contribution in [2.45, 2.75) is 6.92 Å². The lowest BCUT2D eigenvalue weighted by Gasteiger charge is -2.00. The lowest BCUT2D eigenvalue weighted by atomic mass is 10.1. The summed E-state index contributed by atoms with van der Waals surface area (Å²) in [6, 6.07) is 15.9. The lowest BCUT2D eigenvalue weighted by molar-refractivity contribution is 0.414. The van der Waals surface area contributed by atoms with Crippen LogP contribution in [-0.2, 0) is 0 Å². The molecule has 0 N–H and O–H groups in total. The van der Waals surface area contributed by atoms with Gasteiger partial charge in [0.2, 0.25) is 5.89 Å². The minimum Gasteiger partial charge on any atom is -0.497 e. The van der Waals surface area contributed by atoms with Gasteiger partial charge in [-0.3, -0.25) is 0 Å². The summed E-state index contributed by atoms with van der Waals surface area (Å²) < 4.78 is 10.8. The first-order chi connectivity index (χ1) is 9.76. The Kier molecular flexibility index (Phi) is 3.25. The fraction of sp³-hybridized carbons (Fsp3) is 0.118. The van der Waals surface area contributed by atoms with E-state index in [1.807, 2.05) is 36.4 Å². The van der Waals surface area contributed by atoms with Gasteiger partial charge in [-0.15, -0.1) is 0 Å². The molecule has 3 nitrogen and oxygen atoms in total. The maximum absolute atomic E-state index is 5.57. The quantitative estimate of drug-likeness (QED) is 0.707. The normalized spacial score (nSPS) is 10.5. The van der Waals surface area contributed by atoms with Crippen LogP contribution < -0.4 is 4.74 Å². The van der Waals surface area contributed by atoms with Crippen molar-refractivity contribution < 1.29 is 9.15 Å². The molecule has 0 unspecified atom stereocenters. The summed E-state index contributed by atoms with van der Waals surface area (Å²) in [6.07, 6.45) is 1.68. The van der Waals surface area contributed by atoms with E-state index < -0.39 is 0 Å². The van der Waals surface area contributed by atoms with E-state index in [-0.39, 0.29) is 0 Å². The van der Waals surface area contributed by atoms with Gasteiger partial charge in [-0.2, -0.15) is 0 Å². The highest BCUT2D eigenvalue weighted by atomic mass is 16.5. The molecule has 0 atom stereocenters. The molecular formula is C17H15NO2. The van der Waals surface area contributed by atoms with Crippen molar-refractivity contribution in [3.63, 3.8) is 0 Å². The average molecular weight is 265 g/mol. The van der Waals surface area contributed by atoms with Gasteiger partial charge in [-0.1, -0.05) is 35.9 Å². The lowest BCUT2D eigenvalue weighted by Crippen LogP contribution is -1.84. The zero-order chi connectivity index (χ0) is 13.9. The fourth-order valence-electron chi connectivity index (χ4n) is 2.02. The molecule has 3 aromatic rings. The minimum atomic E-state index is 0.597. The van der Waals surface area contributed by atoms with Crippen LogP contribution >= 0.6 is 0 Å². The van der Waals surface area contributed by atoms with Crippen molar-refractivity contribution in [1.82, 2.24) is 4.98 Å². The van der Waals surface area contributed by atoms with E-state index in [9.17, 15) is 0 Å². The molecule has 0 aliphatic rings. The van der Waals surface area contributed by atoms with Crippen LogP contribution in [0.2, 0.25) is 0 Å². The molecule has 2 aromatic carbocycles. The molecule has 0 bridgehead atoms. The first-order valence-electron chi connectivity index (χ1n) is 6.43. The van der Waals surface area contributed by atoms with E-state index in [1.54, 1.807) is 13.4 Å². The summed E-state index contributed by atoms with van der Waals surface area (Å²) in [5.41, 5.74) is 4.02. The number of methoxy groups -OCH3 is 1. The fourth-order valence-corrected chi connectivity index (χ4v) is 2.02. The van der Waals surface area contributed by atoms with Crippen molar-refractivity contribution in [1.29, 1.82) is 0 Å². The number of aromatic nitrogens is 1. The molecule has 0 saturated carbocycles. The van der Waals surface area contributed by atoms with E-state index in [0.717, 1.165) is 22.6 Å². The molecule has 100 valence electrons. The Morgan fingerprint density at radius 2 is 1.80 bits per heavy atom. The summed E-state index contributed by atoms with van der Waals surface area (Å²) in [5.74, 6) is 1.39. The molecule has 0 radical (unpaired) electrons.